The maximum absolute atomic E-state index is 13.0. The first kappa shape index (κ1) is 20.3. The van der Waals surface area contributed by atoms with Crippen LogP contribution in [-0.2, 0) is 14.3 Å². The number of fused-ring (bicyclic) bond motifs is 1. The molecule has 2 aromatic carbocycles. The lowest BCUT2D eigenvalue weighted by atomic mass is 9.78. The lowest BCUT2D eigenvalue weighted by Crippen LogP contribution is -2.42. The van der Waals surface area contributed by atoms with Crippen LogP contribution in [0.3, 0.4) is 0 Å². The van der Waals surface area contributed by atoms with Crippen LogP contribution in [0.25, 0.3) is 5.57 Å². The third-order valence-electron chi connectivity index (χ3n) is 5.43. The molecule has 0 aromatic heterocycles. The molecule has 30 heavy (non-hydrogen) atoms. The fourth-order valence-electron chi connectivity index (χ4n) is 3.87. The number of esters is 1. The number of Topliss-reactive ketones (excluding diaryl/α,β-unsaturated/α-hetero) is 1. The van der Waals surface area contributed by atoms with Gasteiger partial charge in [0.05, 0.1) is 28.2 Å². The number of nitrogens with zero attached hydrogens (tertiary/aromatic N) is 1. The number of carbonyl (C=O) groups excluding carboxylic acids is 2. The molecule has 0 bridgehead atoms. The fraction of sp³-hybridized carbons (Fsp3) is 0.273. The Morgan fingerprint density at radius 2 is 1.93 bits per heavy atom. The van der Waals surface area contributed by atoms with E-state index in [4.69, 9.17) is 9.47 Å². The number of ether oxygens (including phenoxy) is 2. The van der Waals surface area contributed by atoms with Crippen molar-refractivity contribution in [3.63, 3.8) is 0 Å². The van der Waals surface area contributed by atoms with Gasteiger partial charge in [-0.3, -0.25) is 14.9 Å². The number of allylic oxidation sites excluding steroid dienone is 1. The average molecular weight is 472 g/mol. The summed E-state index contributed by atoms with van der Waals surface area (Å²) < 4.78 is 12.3. The molecule has 3 atom stereocenters. The molecule has 1 fully saturated rings. The summed E-state index contributed by atoms with van der Waals surface area (Å²) >= 11 is 3.38. The van der Waals surface area contributed by atoms with E-state index in [1.54, 1.807) is 0 Å². The maximum atomic E-state index is 13.0. The molecule has 1 aliphatic carbocycles. The van der Waals surface area contributed by atoms with Crippen LogP contribution in [0.4, 0.5) is 5.69 Å². The van der Waals surface area contributed by atoms with E-state index in [-0.39, 0.29) is 29.1 Å². The highest BCUT2D eigenvalue weighted by Gasteiger charge is 2.41. The SMILES string of the molecule is O=C(OC1CCC2C(=O)C(c3ccc(Br)cc3)=COC2C1)c1cccc([N+](=O)[O-])c1. The van der Waals surface area contributed by atoms with Crippen LogP contribution in [0.2, 0.25) is 0 Å². The van der Waals surface area contributed by atoms with Crippen LogP contribution in [0.15, 0.2) is 59.3 Å². The zero-order valence-corrected chi connectivity index (χ0v) is 17.4. The molecule has 0 saturated heterocycles. The Morgan fingerprint density at radius 1 is 1.17 bits per heavy atom. The Kier molecular flexibility index (Phi) is 5.67. The van der Waals surface area contributed by atoms with E-state index in [0.29, 0.717) is 24.8 Å². The van der Waals surface area contributed by atoms with Crippen molar-refractivity contribution in [3.8, 4) is 0 Å². The van der Waals surface area contributed by atoms with Crippen molar-refractivity contribution in [1.82, 2.24) is 0 Å². The van der Waals surface area contributed by atoms with E-state index in [1.165, 1.54) is 30.5 Å². The summed E-state index contributed by atoms with van der Waals surface area (Å²) in [5.74, 6) is -0.853. The van der Waals surface area contributed by atoms with Crippen LogP contribution in [0, 0.1) is 16.0 Å². The summed E-state index contributed by atoms with van der Waals surface area (Å²) in [6, 6.07) is 12.9. The second-order valence-electron chi connectivity index (χ2n) is 7.33. The third-order valence-corrected chi connectivity index (χ3v) is 5.96. The predicted octanol–water partition coefficient (Wildman–Crippen LogP) is 4.69. The minimum Gasteiger partial charge on any atom is -0.496 e. The first-order valence-electron chi connectivity index (χ1n) is 9.53. The number of ketones is 1. The minimum atomic E-state index is -0.615. The van der Waals surface area contributed by atoms with Crippen molar-refractivity contribution in [1.29, 1.82) is 0 Å². The molecule has 4 rings (SSSR count). The Morgan fingerprint density at radius 3 is 2.67 bits per heavy atom. The molecule has 0 amide bonds. The van der Waals surface area contributed by atoms with Crippen molar-refractivity contribution in [2.24, 2.45) is 5.92 Å². The number of nitro groups is 1. The monoisotopic (exact) mass is 471 g/mol. The molecule has 1 heterocycles. The molecular weight excluding hydrogens is 454 g/mol. The highest BCUT2D eigenvalue weighted by Crippen LogP contribution is 2.37. The van der Waals surface area contributed by atoms with Crippen LogP contribution in [0.1, 0.15) is 35.2 Å². The molecule has 154 valence electrons. The van der Waals surface area contributed by atoms with Gasteiger partial charge in [-0.15, -0.1) is 0 Å². The Balaban J connectivity index is 1.43. The first-order chi connectivity index (χ1) is 14.4. The van der Waals surface area contributed by atoms with Gasteiger partial charge in [-0.2, -0.15) is 0 Å². The van der Waals surface area contributed by atoms with E-state index in [9.17, 15) is 19.7 Å². The first-order valence-corrected chi connectivity index (χ1v) is 10.3. The standard InChI is InChI=1S/C22H18BrNO6/c23-15-6-4-13(5-7-15)19-12-29-20-11-17(8-9-18(20)21(19)25)30-22(26)14-2-1-3-16(10-14)24(27)28/h1-7,10,12,17-18,20H,8-9,11H2. The summed E-state index contributed by atoms with van der Waals surface area (Å²) in [4.78, 5) is 35.7. The van der Waals surface area contributed by atoms with E-state index >= 15 is 0 Å². The second kappa shape index (κ2) is 8.39. The number of halogens is 1. The number of rotatable bonds is 4. The number of hydrogen-bond acceptors (Lipinski definition) is 6. The van der Waals surface area contributed by atoms with Crippen LogP contribution in [0.5, 0.6) is 0 Å². The fourth-order valence-corrected chi connectivity index (χ4v) is 4.13. The van der Waals surface area contributed by atoms with Gasteiger partial charge in [-0.25, -0.2) is 4.79 Å². The molecule has 0 N–H and O–H groups in total. The largest absolute Gasteiger partial charge is 0.496 e. The predicted molar refractivity (Wildman–Crippen MR) is 112 cm³/mol. The van der Waals surface area contributed by atoms with Gasteiger partial charge in [0, 0.05) is 23.0 Å². The van der Waals surface area contributed by atoms with Gasteiger partial charge in [-0.05, 0) is 36.6 Å². The van der Waals surface area contributed by atoms with Gasteiger partial charge in [0.2, 0.25) is 0 Å². The lowest BCUT2D eigenvalue weighted by Gasteiger charge is -2.37. The topological polar surface area (TPSA) is 95.7 Å². The maximum Gasteiger partial charge on any atom is 0.338 e. The third kappa shape index (κ3) is 4.14. The van der Waals surface area contributed by atoms with E-state index in [0.717, 1.165) is 10.0 Å². The summed E-state index contributed by atoms with van der Waals surface area (Å²) in [6.07, 6.45) is 2.22. The van der Waals surface area contributed by atoms with Crippen molar-refractivity contribution in [3.05, 3.63) is 80.5 Å². The minimum absolute atomic E-state index is 0.0389. The normalized spacial score (nSPS) is 23.0. The molecule has 1 aliphatic heterocycles. The van der Waals surface area contributed by atoms with E-state index < -0.39 is 17.0 Å². The van der Waals surface area contributed by atoms with Gasteiger partial charge in [-0.1, -0.05) is 34.1 Å². The molecule has 0 spiro atoms. The van der Waals surface area contributed by atoms with Crippen molar-refractivity contribution >= 4 is 38.9 Å². The van der Waals surface area contributed by atoms with Gasteiger partial charge in [0.15, 0.2) is 5.78 Å². The van der Waals surface area contributed by atoms with Crippen molar-refractivity contribution in [2.45, 2.75) is 31.5 Å². The van der Waals surface area contributed by atoms with Crippen LogP contribution >= 0.6 is 15.9 Å². The number of non-ortho nitro benzene ring substituents is 1. The quantitative estimate of drug-likeness (QED) is 0.364. The molecule has 7 nitrogen and oxygen atoms in total. The highest BCUT2D eigenvalue weighted by atomic mass is 79.9. The zero-order chi connectivity index (χ0) is 21.3. The summed E-state index contributed by atoms with van der Waals surface area (Å²) in [6.45, 7) is 0. The molecule has 1 saturated carbocycles. The van der Waals surface area contributed by atoms with Crippen molar-refractivity contribution in [2.75, 3.05) is 0 Å². The summed E-state index contributed by atoms with van der Waals surface area (Å²) in [5, 5.41) is 10.9. The Hall–Kier alpha value is -3.00. The van der Waals surface area contributed by atoms with Gasteiger partial charge >= 0.3 is 5.97 Å². The average Bonchev–Trinajstić information content (AvgIpc) is 2.75. The Labute approximate surface area is 181 Å². The number of carbonyl (C=O) groups is 2. The van der Waals surface area contributed by atoms with E-state index in [2.05, 4.69) is 15.9 Å². The summed E-state index contributed by atoms with van der Waals surface area (Å²) in [5.41, 5.74) is 1.32. The van der Waals surface area contributed by atoms with Gasteiger partial charge in [0.25, 0.3) is 5.69 Å². The highest BCUT2D eigenvalue weighted by molar-refractivity contribution is 9.10. The van der Waals surface area contributed by atoms with Gasteiger partial charge in [0.1, 0.15) is 12.2 Å². The second-order valence-corrected chi connectivity index (χ2v) is 8.25. The molecule has 0 radical (unpaired) electrons. The molecule has 3 unspecified atom stereocenters. The van der Waals surface area contributed by atoms with Gasteiger partial charge < -0.3 is 9.47 Å². The Bertz CT molecular complexity index is 1030. The lowest BCUT2D eigenvalue weighted by molar-refractivity contribution is -0.384. The van der Waals surface area contributed by atoms with Crippen molar-refractivity contribution < 1.29 is 24.0 Å². The zero-order valence-electron chi connectivity index (χ0n) is 15.8. The van der Waals surface area contributed by atoms with E-state index in [1.807, 2.05) is 24.3 Å². The molecular formula is C22H18BrNO6. The molecule has 8 heteroatoms. The number of benzene rings is 2. The van der Waals surface area contributed by atoms with Crippen LogP contribution < -0.4 is 0 Å². The molecule has 2 aromatic rings. The summed E-state index contributed by atoms with van der Waals surface area (Å²) in [7, 11) is 0. The molecule has 2 aliphatic rings. The number of nitro benzene ring substituents is 1. The number of hydrogen-bond donors (Lipinski definition) is 0. The smallest absolute Gasteiger partial charge is 0.338 e. The van der Waals surface area contributed by atoms with Crippen LogP contribution in [-0.4, -0.2) is 28.9 Å².